The molecular weight excluding hydrogens is 204 g/mol. The molecule has 0 aromatic rings. The molecule has 2 aliphatic rings. The van der Waals surface area contributed by atoms with Gasteiger partial charge in [0.2, 0.25) is 5.91 Å². The number of aliphatic hydroxyl groups excluding tert-OH is 1. The van der Waals surface area contributed by atoms with Gasteiger partial charge in [-0.25, -0.2) is 0 Å². The predicted octanol–water partition coefficient (Wildman–Crippen LogP) is 0.356. The Labute approximate surface area is 97.0 Å². The molecule has 16 heavy (non-hydrogen) atoms. The number of likely N-dealkylation sites (N-methyl/N-ethyl adjacent to an activating group) is 1. The van der Waals surface area contributed by atoms with E-state index in [4.69, 9.17) is 0 Å². The van der Waals surface area contributed by atoms with Crippen LogP contribution < -0.4 is 5.32 Å². The standard InChI is InChI=1S/C12H22N2O2/c1-12(2)9(7-10(12)15)14-6-4-5-8(13-3)11(14)16/h8-10,13,15H,4-7H2,1-3H3. The average Bonchev–Trinajstić information content (AvgIpc) is 2.27. The normalized spacial score (nSPS) is 38.4. The van der Waals surface area contributed by atoms with E-state index in [1.54, 1.807) is 0 Å². The molecular formula is C12H22N2O2. The number of carbonyl (C=O) groups is 1. The lowest BCUT2D eigenvalue weighted by Gasteiger charge is -2.55. The van der Waals surface area contributed by atoms with Crippen molar-refractivity contribution in [3.05, 3.63) is 0 Å². The van der Waals surface area contributed by atoms with Crippen molar-refractivity contribution in [2.75, 3.05) is 13.6 Å². The molecule has 0 aromatic heterocycles. The molecule has 3 unspecified atom stereocenters. The van der Waals surface area contributed by atoms with Crippen molar-refractivity contribution in [2.45, 2.75) is 51.3 Å². The van der Waals surface area contributed by atoms with Crippen LogP contribution in [0.4, 0.5) is 0 Å². The molecule has 2 N–H and O–H groups in total. The molecule has 2 rings (SSSR count). The number of hydrogen-bond donors (Lipinski definition) is 2. The SMILES string of the molecule is CNC1CCCN(C2CC(O)C2(C)C)C1=O. The third-order valence-electron chi connectivity index (χ3n) is 4.36. The summed E-state index contributed by atoms with van der Waals surface area (Å²) in [6.45, 7) is 4.93. The van der Waals surface area contributed by atoms with Crippen LogP contribution in [0, 0.1) is 5.41 Å². The van der Waals surface area contributed by atoms with Gasteiger partial charge >= 0.3 is 0 Å². The Hall–Kier alpha value is -0.610. The van der Waals surface area contributed by atoms with Crippen LogP contribution in [0.25, 0.3) is 0 Å². The summed E-state index contributed by atoms with van der Waals surface area (Å²) in [6.07, 6.45) is 2.46. The molecule has 1 aliphatic heterocycles. The molecule has 3 atom stereocenters. The Kier molecular flexibility index (Phi) is 2.97. The Bertz CT molecular complexity index is 291. The van der Waals surface area contributed by atoms with Gasteiger partial charge in [0.1, 0.15) is 0 Å². The van der Waals surface area contributed by atoms with Crippen molar-refractivity contribution in [2.24, 2.45) is 5.41 Å². The molecule has 4 nitrogen and oxygen atoms in total. The average molecular weight is 226 g/mol. The van der Waals surface area contributed by atoms with E-state index < -0.39 is 0 Å². The molecule has 92 valence electrons. The first-order valence-electron chi connectivity index (χ1n) is 6.14. The van der Waals surface area contributed by atoms with Gasteiger partial charge in [0.25, 0.3) is 0 Å². The Morgan fingerprint density at radius 2 is 2.19 bits per heavy atom. The highest BCUT2D eigenvalue weighted by Gasteiger charge is 2.52. The highest BCUT2D eigenvalue weighted by molar-refractivity contribution is 5.83. The summed E-state index contributed by atoms with van der Waals surface area (Å²) < 4.78 is 0. The van der Waals surface area contributed by atoms with Crippen molar-refractivity contribution >= 4 is 5.91 Å². The van der Waals surface area contributed by atoms with Crippen LogP contribution in [0.3, 0.4) is 0 Å². The van der Waals surface area contributed by atoms with E-state index in [0.29, 0.717) is 0 Å². The van der Waals surface area contributed by atoms with Crippen LogP contribution >= 0.6 is 0 Å². The largest absolute Gasteiger partial charge is 0.392 e. The van der Waals surface area contributed by atoms with Gasteiger partial charge in [0.15, 0.2) is 0 Å². The van der Waals surface area contributed by atoms with Gasteiger partial charge in [0.05, 0.1) is 12.1 Å². The Morgan fingerprint density at radius 1 is 1.50 bits per heavy atom. The van der Waals surface area contributed by atoms with Gasteiger partial charge in [-0.05, 0) is 26.3 Å². The van der Waals surface area contributed by atoms with Crippen LogP contribution in [0.5, 0.6) is 0 Å². The lowest BCUT2D eigenvalue weighted by molar-refractivity contribution is -0.161. The molecule has 2 fully saturated rings. The third-order valence-corrected chi connectivity index (χ3v) is 4.36. The zero-order valence-corrected chi connectivity index (χ0v) is 10.4. The minimum Gasteiger partial charge on any atom is -0.392 e. The van der Waals surface area contributed by atoms with Crippen molar-refractivity contribution < 1.29 is 9.90 Å². The van der Waals surface area contributed by atoms with E-state index in [2.05, 4.69) is 5.32 Å². The molecule has 1 heterocycles. The highest BCUT2D eigenvalue weighted by atomic mass is 16.3. The second-order valence-electron chi connectivity index (χ2n) is 5.60. The summed E-state index contributed by atoms with van der Waals surface area (Å²) in [6, 6.07) is 0.188. The van der Waals surface area contributed by atoms with Crippen LogP contribution in [0.15, 0.2) is 0 Å². The fraction of sp³-hybridized carbons (Fsp3) is 0.917. The van der Waals surface area contributed by atoms with Crippen molar-refractivity contribution in [1.29, 1.82) is 0 Å². The van der Waals surface area contributed by atoms with Gasteiger partial charge in [-0.2, -0.15) is 0 Å². The second-order valence-corrected chi connectivity index (χ2v) is 5.60. The first kappa shape index (κ1) is 11.9. The molecule has 1 saturated heterocycles. The summed E-state index contributed by atoms with van der Waals surface area (Å²) in [5.41, 5.74) is -0.148. The van der Waals surface area contributed by atoms with Crippen molar-refractivity contribution in [3.63, 3.8) is 0 Å². The number of likely N-dealkylation sites (tertiary alicyclic amines) is 1. The summed E-state index contributed by atoms with van der Waals surface area (Å²) in [5.74, 6) is 0.207. The van der Waals surface area contributed by atoms with E-state index in [0.717, 1.165) is 25.8 Å². The second kappa shape index (κ2) is 4.00. The molecule has 1 saturated carbocycles. The Balaban J connectivity index is 2.07. The first-order valence-corrected chi connectivity index (χ1v) is 6.14. The summed E-state index contributed by atoms with van der Waals surface area (Å²) in [7, 11) is 1.84. The minimum atomic E-state index is -0.264. The molecule has 1 aliphatic carbocycles. The van der Waals surface area contributed by atoms with Crippen LogP contribution in [-0.2, 0) is 4.79 Å². The number of hydrogen-bond acceptors (Lipinski definition) is 3. The number of nitrogens with zero attached hydrogens (tertiary/aromatic N) is 1. The monoisotopic (exact) mass is 226 g/mol. The van der Waals surface area contributed by atoms with E-state index in [9.17, 15) is 9.90 Å². The van der Waals surface area contributed by atoms with Gasteiger partial charge in [-0.1, -0.05) is 13.8 Å². The summed E-state index contributed by atoms with van der Waals surface area (Å²) >= 11 is 0. The number of rotatable bonds is 2. The Morgan fingerprint density at radius 3 is 2.69 bits per heavy atom. The van der Waals surface area contributed by atoms with Crippen LogP contribution in [-0.4, -0.2) is 47.7 Å². The molecule has 1 amide bonds. The van der Waals surface area contributed by atoms with Crippen LogP contribution in [0.2, 0.25) is 0 Å². The zero-order valence-electron chi connectivity index (χ0n) is 10.4. The first-order chi connectivity index (χ1) is 7.48. The van der Waals surface area contributed by atoms with Crippen LogP contribution in [0.1, 0.15) is 33.1 Å². The van der Waals surface area contributed by atoms with Gasteiger partial charge in [0, 0.05) is 18.0 Å². The topological polar surface area (TPSA) is 52.6 Å². The maximum absolute atomic E-state index is 12.2. The summed E-state index contributed by atoms with van der Waals surface area (Å²) in [4.78, 5) is 14.1. The fourth-order valence-corrected chi connectivity index (χ4v) is 2.89. The van der Waals surface area contributed by atoms with Gasteiger partial charge < -0.3 is 15.3 Å². The van der Waals surface area contributed by atoms with Crippen molar-refractivity contribution in [3.8, 4) is 0 Å². The summed E-state index contributed by atoms with van der Waals surface area (Å²) in [5, 5.41) is 12.8. The van der Waals surface area contributed by atoms with Crippen molar-refractivity contribution in [1.82, 2.24) is 10.2 Å². The number of amides is 1. The maximum atomic E-state index is 12.2. The van der Waals surface area contributed by atoms with Gasteiger partial charge in [-0.3, -0.25) is 4.79 Å². The molecule has 0 spiro atoms. The maximum Gasteiger partial charge on any atom is 0.239 e. The smallest absolute Gasteiger partial charge is 0.239 e. The van der Waals surface area contributed by atoms with E-state index in [-0.39, 0.29) is 29.5 Å². The van der Waals surface area contributed by atoms with E-state index in [1.807, 2.05) is 25.8 Å². The third kappa shape index (κ3) is 1.64. The molecule has 0 radical (unpaired) electrons. The zero-order chi connectivity index (χ0) is 11.9. The predicted molar refractivity (Wildman–Crippen MR) is 62.0 cm³/mol. The number of piperidine rings is 1. The number of carbonyl (C=O) groups excluding carboxylic acids is 1. The minimum absolute atomic E-state index is 0.0257. The quantitative estimate of drug-likeness (QED) is 0.714. The fourth-order valence-electron chi connectivity index (χ4n) is 2.89. The molecule has 0 bridgehead atoms. The highest BCUT2D eigenvalue weighted by Crippen LogP contribution is 2.44. The van der Waals surface area contributed by atoms with E-state index >= 15 is 0 Å². The lowest BCUT2D eigenvalue weighted by atomic mass is 9.63. The molecule has 0 aromatic carbocycles. The van der Waals surface area contributed by atoms with E-state index in [1.165, 1.54) is 0 Å². The lowest BCUT2D eigenvalue weighted by Crippen LogP contribution is -2.65. The molecule has 4 heteroatoms. The number of nitrogens with one attached hydrogen (secondary N) is 1. The van der Waals surface area contributed by atoms with Gasteiger partial charge in [-0.15, -0.1) is 0 Å². The number of aliphatic hydroxyl groups is 1.